The fourth-order valence-electron chi connectivity index (χ4n) is 2.78. The van der Waals surface area contributed by atoms with Crippen molar-refractivity contribution in [3.8, 4) is 0 Å². The first kappa shape index (κ1) is 13.1. The summed E-state index contributed by atoms with van der Waals surface area (Å²) in [4.78, 5) is 20.6. The zero-order valence-electron chi connectivity index (χ0n) is 11.4. The van der Waals surface area contributed by atoms with Crippen molar-refractivity contribution in [3.05, 3.63) is 57.0 Å². The Labute approximate surface area is 130 Å². The zero-order valence-corrected chi connectivity index (χ0v) is 13.0. The molecule has 0 amide bonds. The van der Waals surface area contributed by atoms with Gasteiger partial charge in [0.1, 0.15) is 10.5 Å². The molecule has 3 nitrogen and oxygen atoms in total. The average molecular weight is 314 g/mol. The molecule has 0 bridgehead atoms. The van der Waals surface area contributed by atoms with Gasteiger partial charge in [-0.3, -0.25) is 4.79 Å². The number of thiophene rings is 1. The number of nitrogens with one attached hydrogen (secondary N) is 1. The number of thioether (sulfide) groups is 1. The minimum absolute atomic E-state index is 0.0282. The van der Waals surface area contributed by atoms with Gasteiger partial charge < -0.3 is 4.98 Å². The maximum atomic E-state index is 11.9. The van der Waals surface area contributed by atoms with E-state index in [9.17, 15) is 4.79 Å². The summed E-state index contributed by atoms with van der Waals surface area (Å²) in [6, 6.07) is 8.60. The largest absolute Gasteiger partial charge is 0.309 e. The monoisotopic (exact) mass is 314 g/mol. The van der Waals surface area contributed by atoms with Gasteiger partial charge in [0.05, 0.1) is 11.3 Å². The van der Waals surface area contributed by atoms with E-state index in [-0.39, 0.29) is 5.56 Å². The SMILES string of the molecule is O=c1[nH]c(CSc2ccc3c(c2)CCC3)nc2ccsc12. The van der Waals surface area contributed by atoms with Gasteiger partial charge in [-0.05, 0) is 54.0 Å². The first-order valence-electron chi connectivity index (χ1n) is 7.00. The lowest BCUT2D eigenvalue weighted by Crippen LogP contribution is -2.09. The number of benzene rings is 1. The highest BCUT2D eigenvalue weighted by Crippen LogP contribution is 2.29. The van der Waals surface area contributed by atoms with Crippen LogP contribution in [0.2, 0.25) is 0 Å². The van der Waals surface area contributed by atoms with Crippen molar-refractivity contribution in [1.82, 2.24) is 9.97 Å². The van der Waals surface area contributed by atoms with Crippen LogP contribution in [-0.2, 0) is 18.6 Å². The molecule has 2 heterocycles. The van der Waals surface area contributed by atoms with Crippen LogP contribution in [0.15, 0.2) is 39.3 Å². The van der Waals surface area contributed by atoms with E-state index in [1.165, 1.54) is 46.6 Å². The van der Waals surface area contributed by atoms with E-state index < -0.39 is 0 Å². The second-order valence-corrected chi connectivity index (χ2v) is 7.19. The summed E-state index contributed by atoms with van der Waals surface area (Å²) in [5, 5.41) is 1.91. The highest BCUT2D eigenvalue weighted by atomic mass is 32.2. The van der Waals surface area contributed by atoms with Crippen molar-refractivity contribution in [2.45, 2.75) is 29.9 Å². The molecule has 0 unspecified atom stereocenters. The van der Waals surface area contributed by atoms with E-state index in [4.69, 9.17) is 0 Å². The van der Waals surface area contributed by atoms with Crippen molar-refractivity contribution in [2.75, 3.05) is 0 Å². The molecule has 1 aliphatic carbocycles. The van der Waals surface area contributed by atoms with Crippen LogP contribution in [0.5, 0.6) is 0 Å². The smallest absolute Gasteiger partial charge is 0.268 e. The molecule has 0 saturated heterocycles. The van der Waals surface area contributed by atoms with Crippen molar-refractivity contribution in [1.29, 1.82) is 0 Å². The van der Waals surface area contributed by atoms with Gasteiger partial charge >= 0.3 is 0 Å². The Bertz CT molecular complexity index is 866. The molecule has 1 aromatic carbocycles. The molecule has 0 saturated carbocycles. The predicted octanol–water partition coefficient (Wildman–Crippen LogP) is 3.77. The molecule has 1 aliphatic rings. The summed E-state index contributed by atoms with van der Waals surface area (Å²) < 4.78 is 0.710. The topological polar surface area (TPSA) is 45.8 Å². The molecule has 1 N–H and O–H groups in total. The third kappa shape index (κ3) is 2.51. The Morgan fingerprint density at radius 2 is 2.14 bits per heavy atom. The summed E-state index contributed by atoms with van der Waals surface area (Å²) >= 11 is 3.17. The van der Waals surface area contributed by atoms with Crippen LogP contribution in [-0.4, -0.2) is 9.97 Å². The number of aromatic amines is 1. The number of aromatic nitrogens is 2. The number of H-pyrrole nitrogens is 1. The Hall–Kier alpha value is -1.59. The molecule has 0 spiro atoms. The van der Waals surface area contributed by atoms with Gasteiger partial charge in [0.25, 0.3) is 5.56 Å². The van der Waals surface area contributed by atoms with Gasteiger partial charge in [-0.1, -0.05) is 6.07 Å². The van der Waals surface area contributed by atoms with Gasteiger partial charge in [0, 0.05) is 4.90 Å². The maximum Gasteiger partial charge on any atom is 0.268 e. The molecule has 2 aromatic heterocycles. The molecule has 4 rings (SSSR count). The minimum Gasteiger partial charge on any atom is -0.309 e. The van der Waals surface area contributed by atoms with E-state index in [0.717, 1.165) is 11.3 Å². The minimum atomic E-state index is -0.0282. The lowest BCUT2D eigenvalue weighted by atomic mass is 10.1. The average Bonchev–Trinajstić information content (AvgIpc) is 3.13. The van der Waals surface area contributed by atoms with Crippen molar-refractivity contribution >= 4 is 33.3 Å². The molecule has 21 heavy (non-hydrogen) atoms. The molecular formula is C16H14N2OS2. The van der Waals surface area contributed by atoms with Gasteiger partial charge in [-0.2, -0.15) is 0 Å². The Morgan fingerprint density at radius 1 is 1.24 bits per heavy atom. The second kappa shape index (κ2) is 5.31. The normalized spacial score (nSPS) is 13.7. The van der Waals surface area contributed by atoms with Gasteiger partial charge in [0.15, 0.2) is 0 Å². The second-order valence-electron chi connectivity index (χ2n) is 5.22. The Morgan fingerprint density at radius 3 is 3.10 bits per heavy atom. The lowest BCUT2D eigenvalue weighted by molar-refractivity contribution is 0.911. The highest BCUT2D eigenvalue weighted by molar-refractivity contribution is 7.98. The molecule has 3 aromatic rings. The van der Waals surface area contributed by atoms with E-state index in [0.29, 0.717) is 10.5 Å². The molecular weight excluding hydrogens is 300 g/mol. The fourth-order valence-corrected chi connectivity index (χ4v) is 4.34. The highest BCUT2D eigenvalue weighted by Gasteiger charge is 2.11. The molecule has 0 atom stereocenters. The summed E-state index contributed by atoms with van der Waals surface area (Å²) in [6.07, 6.45) is 3.68. The summed E-state index contributed by atoms with van der Waals surface area (Å²) in [7, 11) is 0. The first-order valence-corrected chi connectivity index (χ1v) is 8.87. The van der Waals surface area contributed by atoms with Crippen LogP contribution in [0, 0.1) is 0 Å². The molecule has 106 valence electrons. The van der Waals surface area contributed by atoms with Crippen LogP contribution < -0.4 is 5.56 Å². The quantitative estimate of drug-likeness (QED) is 0.749. The summed E-state index contributed by atoms with van der Waals surface area (Å²) in [5.41, 5.74) is 3.74. The van der Waals surface area contributed by atoms with Gasteiger partial charge in [-0.15, -0.1) is 23.1 Å². The molecule has 5 heteroatoms. The number of fused-ring (bicyclic) bond motifs is 2. The number of nitrogens with zero attached hydrogens (tertiary/aromatic N) is 1. The predicted molar refractivity (Wildman–Crippen MR) is 88.3 cm³/mol. The molecule has 0 radical (unpaired) electrons. The third-order valence-corrected chi connectivity index (χ3v) is 5.72. The van der Waals surface area contributed by atoms with Crippen molar-refractivity contribution < 1.29 is 0 Å². The van der Waals surface area contributed by atoms with Crippen molar-refractivity contribution in [3.63, 3.8) is 0 Å². The van der Waals surface area contributed by atoms with Crippen LogP contribution >= 0.6 is 23.1 Å². The van der Waals surface area contributed by atoms with Crippen LogP contribution in [0.1, 0.15) is 23.4 Å². The number of aryl methyl sites for hydroxylation is 2. The van der Waals surface area contributed by atoms with Crippen LogP contribution in [0.3, 0.4) is 0 Å². The van der Waals surface area contributed by atoms with E-state index >= 15 is 0 Å². The summed E-state index contributed by atoms with van der Waals surface area (Å²) in [5.74, 6) is 1.44. The maximum absolute atomic E-state index is 11.9. The van der Waals surface area contributed by atoms with Gasteiger partial charge in [0.2, 0.25) is 0 Å². The third-order valence-electron chi connectivity index (χ3n) is 3.81. The lowest BCUT2D eigenvalue weighted by Gasteiger charge is -2.05. The summed E-state index contributed by atoms with van der Waals surface area (Å²) in [6.45, 7) is 0. The Balaban J connectivity index is 1.56. The van der Waals surface area contributed by atoms with Gasteiger partial charge in [-0.25, -0.2) is 4.98 Å². The van der Waals surface area contributed by atoms with Crippen LogP contribution in [0.25, 0.3) is 10.2 Å². The van der Waals surface area contributed by atoms with Crippen molar-refractivity contribution in [2.24, 2.45) is 0 Å². The standard InChI is InChI=1S/C16H14N2OS2/c19-16-15-13(6-7-20-15)17-14(18-16)9-21-12-5-4-10-2-1-3-11(10)8-12/h4-8H,1-3,9H2,(H,17,18,19). The van der Waals surface area contributed by atoms with E-state index in [1.807, 2.05) is 11.4 Å². The molecule has 0 fully saturated rings. The fraction of sp³-hybridized carbons (Fsp3) is 0.250. The van der Waals surface area contributed by atoms with E-state index in [1.54, 1.807) is 11.8 Å². The van der Waals surface area contributed by atoms with E-state index in [2.05, 4.69) is 28.2 Å². The number of hydrogen-bond acceptors (Lipinski definition) is 4. The zero-order chi connectivity index (χ0) is 14.2. The Kier molecular flexibility index (Phi) is 3.31. The number of rotatable bonds is 3. The first-order chi connectivity index (χ1) is 10.3. The molecule has 0 aliphatic heterocycles. The number of hydrogen-bond donors (Lipinski definition) is 1. The van der Waals surface area contributed by atoms with Crippen LogP contribution in [0.4, 0.5) is 0 Å².